The molecule has 0 N–H and O–H groups in total. The zero-order chi connectivity index (χ0) is 24.1. The van der Waals surface area contributed by atoms with E-state index >= 15 is 0 Å². The van der Waals surface area contributed by atoms with Gasteiger partial charge in [0.25, 0.3) is 0 Å². The number of rotatable bonds is 2. The van der Waals surface area contributed by atoms with E-state index in [-0.39, 0.29) is 5.56 Å². The summed E-state index contributed by atoms with van der Waals surface area (Å²) in [5, 5.41) is 0. The van der Waals surface area contributed by atoms with Gasteiger partial charge >= 0.3 is 0 Å². The summed E-state index contributed by atoms with van der Waals surface area (Å²) in [4.78, 5) is 0. The molecular weight excluding hydrogens is 422 g/mol. The average molecular weight is 453 g/mol. The molecule has 3 aromatic rings. The highest BCUT2D eigenvalue weighted by molar-refractivity contribution is 5.52. The van der Waals surface area contributed by atoms with Crippen LogP contribution in [-0.4, -0.2) is 0 Å². The van der Waals surface area contributed by atoms with Crippen molar-refractivity contribution in [2.24, 2.45) is 11.8 Å². The first-order chi connectivity index (χ1) is 16.4. The van der Waals surface area contributed by atoms with Crippen LogP contribution in [0.25, 0.3) is 0 Å². The van der Waals surface area contributed by atoms with Crippen LogP contribution in [0.2, 0.25) is 0 Å². The Hall–Kier alpha value is -3.36. The van der Waals surface area contributed by atoms with Gasteiger partial charge in [-0.15, -0.1) is 0 Å². The standard InChI is InChI=1S/C32H30F2/c1-22-4-8-25(9-5-22)12-13-26-14-15-29(24(3)18-26)16-17-30-31(33)20-28(21-32(30)34)19-27-10-6-23(2)7-11-27/h4-5,8-9,14-15,18,20-21,23,27H,6-7,10-11,19H2,1-3H3. The van der Waals surface area contributed by atoms with Gasteiger partial charge in [-0.2, -0.15) is 0 Å². The Morgan fingerprint density at radius 1 is 0.735 bits per heavy atom. The van der Waals surface area contributed by atoms with Crippen molar-refractivity contribution in [3.05, 3.63) is 105 Å². The third kappa shape index (κ3) is 6.15. The second-order valence-electron chi connectivity index (χ2n) is 9.66. The molecule has 0 nitrogen and oxygen atoms in total. The molecule has 0 aromatic heterocycles. The molecule has 0 unspecified atom stereocenters. The van der Waals surface area contributed by atoms with Gasteiger partial charge in [-0.05, 0) is 98.5 Å². The van der Waals surface area contributed by atoms with Crippen molar-refractivity contribution >= 4 is 0 Å². The van der Waals surface area contributed by atoms with E-state index in [4.69, 9.17) is 0 Å². The smallest absolute Gasteiger partial charge is 0.142 e. The predicted octanol–water partition coefficient (Wildman–Crippen LogP) is 7.75. The monoisotopic (exact) mass is 452 g/mol. The lowest BCUT2D eigenvalue weighted by Crippen LogP contribution is -2.14. The maximum atomic E-state index is 14.7. The fourth-order valence-corrected chi connectivity index (χ4v) is 4.52. The summed E-state index contributed by atoms with van der Waals surface area (Å²) in [7, 11) is 0. The minimum atomic E-state index is -0.579. The Kier molecular flexibility index (Phi) is 7.49. The van der Waals surface area contributed by atoms with Gasteiger partial charge in [0.1, 0.15) is 11.6 Å². The van der Waals surface area contributed by atoms with E-state index in [2.05, 4.69) is 30.6 Å². The number of halogens is 2. The quantitative estimate of drug-likeness (QED) is 0.349. The molecule has 172 valence electrons. The summed E-state index contributed by atoms with van der Waals surface area (Å²) in [6.45, 7) is 6.25. The fourth-order valence-electron chi connectivity index (χ4n) is 4.52. The van der Waals surface area contributed by atoms with Gasteiger partial charge in [-0.1, -0.05) is 61.1 Å². The first-order valence-corrected chi connectivity index (χ1v) is 12.1. The van der Waals surface area contributed by atoms with Crippen LogP contribution in [0.3, 0.4) is 0 Å². The third-order valence-corrected chi connectivity index (χ3v) is 6.71. The molecule has 4 rings (SSSR count). The van der Waals surface area contributed by atoms with Crippen molar-refractivity contribution < 1.29 is 8.78 Å². The molecule has 2 heteroatoms. The minimum Gasteiger partial charge on any atom is -0.206 e. The van der Waals surface area contributed by atoms with E-state index in [1.54, 1.807) is 0 Å². The molecule has 1 aliphatic carbocycles. The molecule has 1 saturated carbocycles. The van der Waals surface area contributed by atoms with Gasteiger partial charge < -0.3 is 0 Å². The number of benzene rings is 3. The van der Waals surface area contributed by atoms with Crippen LogP contribution in [0, 0.1) is 61.0 Å². The lowest BCUT2D eigenvalue weighted by molar-refractivity contribution is 0.288. The van der Waals surface area contributed by atoms with Crippen molar-refractivity contribution in [2.45, 2.75) is 52.9 Å². The molecule has 0 spiro atoms. The lowest BCUT2D eigenvalue weighted by Gasteiger charge is -2.26. The third-order valence-electron chi connectivity index (χ3n) is 6.71. The molecule has 0 saturated heterocycles. The zero-order valence-corrected chi connectivity index (χ0v) is 20.1. The van der Waals surface area contributed by atoms with Crippen LogP contribution >= 0.6 is 0 Å². The summed E-state index contributed by atoms with van der Waals surface area (Å²) >= 11 is 0. The second kappa shape index (κ2) is 10.7. The molecule has 0 aliphatic heterocycles. The van der Waals surface area contributed by atoms with Crippen molar-refractivity contribution in [2.75, 3.05) is 0 Å². The molecule has 1 fully saturated rings. The molecule has 0 atom stereocenters. The van der Waals surface area contributed by atoms with Crippen molar-refractivity contribution in [3.63, 3.8) is 0 Å². The van der Waals surface area contributed by atoms with E-state index in [0.717, 1.165) is 53.0 Å². The topological polar surface area (TPSA) is 0 Å². The molecule has 3 aromatic carbocycles. The van der Waals surface area contributed by atoms with E-state index in [1.807, 2.05) is 56.3 Å². The van der Waals surface area contributed by atoms with Crippen LogP contribution < -0.4 is 0 Å². The summed E-state index contributed by atoms with van der Waals surface area (Å²) < 4.78 is 29.4. The molecular formula is C32H30F2. The van der Waals surface area contributed by atoms with Crippen molar-refractivity contribution in [1.29, 1.82) is 0 Å². The molecule has 34 heavy (non-hydrogen) atoms. The van der Waals surface area contributed by atoms with Crippen molar-refractivity contribution in [3.8, 4) is 23.7 Å². The molecule has 0 heterocycles. The largest absolute Gasteiger partial charge is 0.206 e. The summed E-state index contributed by atoms with van der Waals surface area (Å²) in [6, 6.07) is 16.7. The van der Waals surface area contributed by atoms with Gasteiger partial charge in [0.2, 0.25) is 0 Å². The van der Waals surface area contributed by atoms with Crippen LogP contribution in [0.4, 0.5) is 8.78 Å². The first-order valence-electron chi connectivity index (χ1n) is 12.1. The maximum Gasteiger partial charge on any atom is 0.142 e. The predicted molar refractivity (Wildman–Crippen MR) is 136 cm³/mol. The number of hydrogen-bond donors (Lipinski definition) is 0. The van der Waals surface area contributed by atoms with E-state index in [1.165, 1.54) is 30.5 Å². The number of aryl methyl sites for hydroxylation is 2. The minimum absolute atomic E-state index is 0.163. The van der Waals surface area contributed by atoms with Crippen LogP contribution in [-0.2, 0) is 6.42 Å². The highest BCUT2D eigenvalue weighted by atomic mass is 19.1. The van der Waals surface area contributed by atoms with Gasteiger partial charge in [-0.25, -0.2) is 8.78 Å². The molecule has 0 amide bonds. The van der Waals surface area contributed by atoms with Crippen molar-refractivity contribution in [1.82, 2.24) is 0 Å². The Morgan fingerprint density at radius 3 is 2.00 bits per heavy atom. The van der Waals surface area contributed by atoms with Gasteiger partial charge in [-0.3, -0.25) is 0 Å². The van der Waals surface area contributed by atoms with E-state index < -0.39 is 11.6 Å². The van der Waals surface area contributed by atoms with Crippen LogP contribution in [0.15, 0.2) is 54.6 Å². The summed E-state index contributed by atoms with van der Waals surface area (Å²) in [5.74, 6) is 12.1. The van der Waals surface area contributed by atoms with Crippen LogP contribution in [0.1, 0.15) is 71.6 Å². The SMILES string of the molecule is Cc1ccc(C#Cc2ccc(C#Cc3c(F)cc(CC4CCC(C)CC4)cc3F)c(C)c2)cc1. The van der Waals surface area contributed by atoms with Gasteiger partial charge in [0.05, 0.1) is 5.56 Å². The van der Waals surface area contributed by atoms with E-state index in [9.17, 15) is 8.78 Å². The first kappa shape index (κ1) is 23.8. The molecule has 1 aliphatic rings. The Labute approximate surface area is 202 Å². The summed E-state index contributed by atoms with van der Waals surface area (Å²) in [6.07, 6.45) is 5.41. The number of hydrogen-bond acceptors (Lipinski definition) is 0. The zero-order valence-electron chi connectivity index (χ0n) is 20.1. The lowest BCUT2D eigenvalue weighted by atomic mass is 9.80. The molecule has 0 bridgehead atoms. The Balaban J connectivity index is 1.48. The highest BCUT2D eigenvalue weighted by Crippen LogP contribution is 2.31. The van der Waals surface area contributed by atoms with Gasteiger partial charge in [0.15, 0.2) is 0 Å². The fraction of sp³-hybridized carbons (Fsp3) is 0.312. The Morgan fingerprint density at radius 2 is 1.35 bits per heavy atom. The van der Waals surface area contributed by atoms with E-state index in [0.29, 0.717) is 5.92 Å². The highest BCUT2D eigenvalue weighted by Gasteiger charge is 2.19. The average Bonchev–Trinajstić information content (AvgIpc) is 2.81. The summed E-state index contributed by atoms with van der Waals surface area (Å²) in [5.41, 5.74) is 5.26. The maximum absolute atomic E-state index is 14.7. The van der Waals surface area contributed by atoms with Gasteiger partial charge in [0, 0.05) is 16.7 Å². The second-order valence-corrected chi connectivity index (χ2v) is 9.66. The van der Waals surface area contributed by atoms with Crippen LogP contribution in [0.5, 0.6) is 0 Å². The Bertz CT molecular complexity index is 1260. The normalized spacial score (nSPS) is 17.3. The molecule has 0 radical (unpaired) electrons.